The molecule has 27 heavy (non-hydrogen) atoms. The highest BCUT2D eigenvalue weighted by Crippen LogP contribution is 2.43. The average Bonchev–Trinajstić information content (AvgIpc) is 2.87. The molecule has 1 fully saturated rings. The maximum atomic E-state index is 11.8. The lowest BCUT2D eigenvalue weighted by Gasteiger charge is -2.41. The highest BCUT2D eigenvalue weighted by atomic mass is 16.5. The van der Waals surface area contributed by atoms with Crippen LogP contribution in [0, 0.1) is 0 Å². The Morgan fingerprint density at radius 2 is 1.96 bits per heavy atom. The number of aromatic nitrogens is 1. The molecule has 1 aromatic carbocycles. The Bertz CT molecular complexity index is 788. The van der Waals surface area contributed by atoms with Crippen molar-refractivity contribution in [2.45, 2.75) is 25.0 Å². The van der Waals surface area contributed by atoms with E-state index in [0.717, 1.165) is 25.9 Å². The molecular formula is C21H25N3O3. The van der Waals surface area contributed by atoms with Gasteiger partial charge in [-0.3, -0.25) is 9.78 Å². The SMILES string of the molecule is O=C(CO)N1CCC2(CC1)OCCN(Cc1cccnc1)c1ccccc12. The number of benzene rings is 1. The minimum atomic E-state index is -0.427. The number of piperidine rings is 1. The van der Waals surface area contributed by atoms with Crippen LogP contribution < -0.4 is 4.90 Å². The highest BCUT2D eigenvalue weighted by molar-refractivity contribution is 5.77. The average molecular weight is 367 g/mol. The number of aliphatic hydroxyl groups excluding tert-OH is 1. The van der Waals surface area contributed by atoms with Crippen molar-refractivity contribution < 1.29 is 14.6 Å². The van der Waals surface area contributed by atoms with E-state index in [9.17, 15) is 4.79 Å². The molecule has 0 radical (unpaired) electrons. The zero-order chi connectivity index (χ0) is 18.7. The third kappa shape index (κ3) is 3.55. The van der Waals surface area contributed by atoms with E-state index >= 15 is 0 Å². The molecule has 142 valence electrons. The molecule has 0 saturated carbocycles. The Hall–Kier alpha value is -2.44. The molecule has 2 aliphatic rings. The second-order valence-corrected chi connectivity index (χ2v) is 7.18. The standard InChI is InChI=1S/C21H25N3O3/c25-16-20(26)23-10-7-21(8-11-23)18-5-1-2-6-19(18)24(12-13-27-21)15-17-4-3-9-22-14-17/h1-6,9,14,25H,7-8,10-13,15-16H2. The second-order valence-electron chi connectivity index (χ2n) is 7.18. The molecule has 1 spiro atoms. The number of aliphatic hydroxyl groups is 1. The molecule has 2 aromatic rings. The summed E-state index contributed by atoms with van der Waals surface area (Å²) in [5.74, 6) is -0.204. The fourth-order valence-corrected chi connectivity index (χ4v) is 4.19. The van der Waals surface area contributed by atoms with Gasteiger partial charge in [-0.05, 0) is 30.5 Å². The summed E-state index contributed by atoms with van der Waals surface area (Å²) in [6.45, 7) is 3.03. The molecule has 6 nitrogen and oxygen atoms in total. The third-order valence-electron chi connectivity index (χ3n) is 5.63. The Morgan fingerprint density at radius 1 is 1.15 bits per heavy atom. The zero-order valence-electron chi connectivity index (χ0n) is 15.4. The van der Waals surface area contributed by atoms with Gasteiger partial charge in [0.15, 0.2) is 0 Å². The lowest BCUT2D eigenvalue weighted by molar-refractivity contribution is -0.141. The fourth-order valence-electron chi connectivity index (χ4n) is 4.19. The normalized spacial score (nSPS) is 18.9. The molecular weight excluding hydrogens is 342 g/mol. The van der Waals surface area contributed by atoms with Gasteiger partial charge in [0.05, 0.1) is 12.2 Å². The quantitative estimate of drug-likeness (QED) is 0.898. The summed E-state index contributed by atoms with van der Waals surface area (Å²) in [6, 6.07) is 12.5. The van der Waals surface area contributed by atoms with E-state index in [1.807, 2.05) is 12.3 Å². The molecule has 1 aromatic heterocycles. The van der Waals surface area contributed by atoms with Crippen LogP contribution in [0.15, 0.2) is 48.8 Å². The number of rotatable bonds is 3. The Morgan fingerprint density at radius 3 is 2.70 bits per heavy atom. The van der Waals surface area contributed by atoms with Crippen molar-refractivity contribution in [2.75, 3.05) is 37.7 Å². The second kappa shape index (κ2) is 7.66. The number of amides is 1. The molecule has 0 aliphatic carbocycles. The summed E-state index contributed by atoms with van der Waals surface area (Å²) < 4.78 is 6.43. The van der Waals surface area contributed by atoms with Crippen LogP contribution in [0.3, 0.4) is 0 Å². The van der Waals surface area contributed by atoms with Crippen LogP contribution in [0.4, 0.5) is 5.69 Å². The molecule has 3 heterocycles. The van der Waals surface area contributed by atoms with Crippen molar-refractivity contribution in [3.05, 3.63) is 59.9 Å². The van der Waals surface area contributed by atoms with Crippen molar-refractivity contribution in [3.8, 4) is 0 Å². The first kappa shape index (κ1) is 17.9. The number of ether oxygens (including phenoxy) is 1. The Kier molecular flexibility index (Phi) is 5.09. The topological polar surface area (TPSA) is 65.9 Å². The first-order chi connectivity index (χ1) is 13.2. The summed E-state index contributed by atoms with van der Waals surface area (Å²) in [5.41, 5.74) is 3.20. The molecule has 2 aliphatic heterocycles. The number of hydrogen-bond donors (Lipinski definition) is 1. The van der Waals surface area contributed by atoms with Gasteiger partial charge in [-0.25, -0.2) is 0 Å². The van der Waals surface area contributed by atoms with E-state index in [2.05, 4.69) is 40.2 Å². The number of carbonyl (C=O) groups is 1. The number of fused-ring (bicyclic) bond motifs is 2. The predicted octanol–water partition coefficient (Wildman–Crippen LogP) is 1.93. The summed E-state index contributed by atoms with van der Waals surface area (Å²) in [7, 11) is 0. The van der Waals surface area contributed by atoms with Crippen LogP contribution >= 0.6 is 0 Å². The number of carbonyl (C=O) groups excluding carboxylic acids is 1. The molecule has 0 atom stereocenters. The Balaban J connectivity index is 1.61. The van der Waals surface area contributed by atoms with Gasteiger partial charge < -0.3 is 19.6 Å². The molecule has 0 unspecified atom stereocenters. The van der Waals surface area contributed by atoms with Crippen molar-refractivity contribution in [1.82, 2.24) is 9.88 Å². The van der Waals surface area contributed by atoms with E-state index in [1.165, 1.54) is 16.8 Å². The summed E-state index contributed by atoms with van der Waals surface area (Å²) in [5, 5.41) is 9.13. The molecule has 0 bridgehead atoms. The van der Waals surface area contributed by atoms with Gasteiger partial charge in [0.2, 0.25) is 5.91 Å². The number of pyridine rings is 1. The monoisotopic (exact) mass is 367 g/mol. The van der Waals surface area contributed by atoms with Crippen LogP contribution in [0.2, 0.25) is 0 Å². The zero-order valence-corrected chi connectivity index (χ0v) is 15.4. The van der Waals surface area contributed by atoms with Gasteiger partial charge in [0, 0.05) is 49.8 Å². The minimum Gasteiger partial charge on any atom is -0.387 e. The van der Waals surface area contributed by atoms with Crippen LogP contribution in [0.5, 0.6) is 0 Å². The number of para-hydroxylation sites is 1. The van der Waals surface area contributed by atoms with Gasteiger partial charge >= 0.3 is 0 Å². The van der Waals surface area contributed by atoms with Crippen LogP contribution in [0.1, 0.15) is 24.0 Å². The number of nitrogens with zero attached hydrogens (tertiary/aromatic N) is 3. The first-order valence-corrected chi connectivity index (χ1v) is 9.48. The van der Waals surface area contributed by atoms with Gasteiger partial charge in [-0.15, -0.1) is 0 Å². The molecule has 1 saturated heterocycles. The summed E-state index contributed by atoms with van der Waals surface area (Å²) in [6.07, 6.45) is 5.19. The summed E-state index contributed by atoms with van der Waals surface area (Å²) >= 11 is 0. The predicted molar refractivity (Wildman–Crippen MR) is 102 cm³/mol. The molecule has 4 rings (SSSR count). The van der Waals surface area contributed by atoms with Crippen molar-refractivity contribution in [1.29, 1.82) is 0 Å². The highest BCUT2D eigenvalue weighted by Gasteiger charge is 2.41. The van der Waals surface area contributed by atoms with Gasteiger partial charge in [0.1, 0.15) is 6.61 Å². The lowest BCUT2D eigenvalue weighted by atomic mass is 9.83. The van der Waals surface area contributed by atoms with Crippen LogP contribution in [-0.2, 0) is 21.7 Å². The molecule has 1 amide bonds. The minimum absolute atomic E-state index is 0.204. The van der Waals surface area contributed by atoms with Gasteiger partial charge in [0.25, 0.3) is 0 Å². The van der Waals surface area contributed by atoms with Crippen molar-refractivity contribution in [2.24, 2.45) is 0 Å². The van der Waals surface area contributed by atoms with Crippen LogP contribution in [-0.4, -0.2) is 53.7 Å². The number of anilines is 1. The molecule has 1 N–H and O–H groups in total. The lowest BCUT2D eigenvalue weighted by Crippen LogP contribution is -2.47. The van der Waals surface area contributed by atoms with Crippen LogP contribution in [0.25, 0.3) is 0 Å². The Labute approximate surface area is 159 Å². The molecule has 6 heteroatoms. The van der Waals surface area contributed by atoms with E-state index in [-0.39, 0.29) is 11.5 Å². The van der Waals surface area contributed by atoms with E-state index in [1.54, 1.807) is 11.1 Å². The maximum absolute atomic E-state index is 11.8. The maximum Gasteiger partial charge on any atom is 0.248 e. The first-order valence-electron chi connectivity index (χ1n) is 9.48. The number of hydrogen-bond acceptors (Lipinski definition) is 5. The van der Waals surface area contributed by atoms with E-state index in [4.69, 9.17) is 9.84 Å². The smallest absolute Gasteiger partial charge is 0.248 e. The summed E-state index contributed by atoms with van der Waals surface area (Å²) in [4.78, 5) is 20.1. The van der Waals surface area contributed by atoms with E-state index < -0.39 is 6.61 Å². The van der Waals surface area contributed by atoms with Crippen molar-refractivity contribution in [3.63, 3.8) is 0 Å². The van der Waals surface area contributed by atoms with E-state index in [0.29, 0.717) is 19.7 Å². The third-order valence-corrected chi connectivity index (χ3v) is 5.63. The van der Waals surface area contributed by atoms with Gasteiger partial charge in [-0.1, -0.05) is 24.3 Å². The largest absolute Gasteiger partial charge is 0.387 e. The van der Waals surface area contributed by atoms with Crippen molar-refractivity contribution >= 4 is 11.6 Å². The fraction of sp³-hybridized carbons (Fsp3) is 0.429. The number of likely N-dealkylation sites (tertiary alicyclic amines) is 1. The van der Waals surface area contributed by atoms with Gasteiger partial charge in [-0.2, -0.15) is 0 Å².